The van der Waals surface area contributed by atoms with E-state index in [2.05, 4.69) is 36.4 Å². The van der Waals surface area contributed by atoms with E-state index in [1.807, 2.05) is 84.9 Å². The zero-order chi connectivity index (χ0) is 24.6. The largest absolute Gasteiger partial charge is 0.374 e. The van der Waals surface area contributed by atoms with Crippen molar-refractivity contribution in [2.24, 2.45) is 0 Å². The van der Waals surface area contributed by atoms with Gasteiger partial charge in [-0.05, 0) is 22.3 Å². The molecule has 4 heteroatoms. The highest BCUT2D eigenvalue weighted by molar-refractivity contribution is 5.81. The number of carbonyl (C=O) groups is 1. The van der Waals surface area contributed by atoms with Crippen LogP contribution in [-0.2, 0) is 31.2 Å². The molecular formula is C32H30O4. The number of rotatable bonds is 9. The van der Waals surface area contributed by atoms with E-state index in [0.717, 1.165) is 22.3 Å². The Bertz CT molecular complexity index is 1130. The van der Waals surface area contributed by atoms with Crippen LogP contribution in [0.5, 0.6) is 0 Å². The summed E-state index contributed by atoms with van der Waals surface area (Å²) >= 11 is 0. The van der Waals surface area contributed by atoms with Crippen LogP contribution < -0.4 is 0 Å². The molecule has 0 radical (unpaired) electrons. The number of benzene rings is 4. The van der Waals surface area contributed by atoms with Gasteiger partial charge in [0.15, 0.2) is 5.78 Å². The van der Waals surface area contributed by atoms with Crippen LogP contribution in [0.1, 0.15) is 28.7 Å². The van der Waals surface area contributed by atoms with Crippen molar-refractivity contribution in [3.05, 3.63) is 144 Å². The summed E-state index contributed by atoms with van der Waals surface area (Å²) in [5.74, 6) is 0.0300. The maximum Gasteiger partial charge on any atom is 0.161 e. The van der Waals surface area contributed by atoms with Gasteiger partial charge in [-0.3, -0.25) is 4.79 Å². The molecule has 0 unspecified atom stereocenters. The van der Waals surface area contributed by atoms with Gasteiger partial charge >= 0.3 is 0 Å². The molecule has 182 valence electrons. The van der Waals surface area contributed by atoms with Gasteiger partial charge in [0.1, 0.15) is 18.3 Å². The summed E-state index contributed by atoms with van der Waals surface area (Å²) in [7, 11) is 0. The quantitative estimate of drug-likeness (QED) is 0.279. The van der Waals surface area contributed by atoms with E-state index < -0.39 is 11.7 Å². The van der Waals surface area contributed by atoms with Gasteiger partial charge in [-0.15, -0.1) is 0 Å². The molecule has 0 amide bonds. The Kier molecular flexibility index (Phi) is 7.67. The monoisotopic (exact) mass is 478 g/mol. The van der Waals surface area contributed by atoms with E-state index in [1.54, 1.807) is 0 Å². The summed E-state index contributed by atoms with van der Waals surface area (Å²) in [5.41, 5.74) is 3.14. The minimum atomic E-state index is -0.924. The maximum absolute atomic E-state index is 12.6. The van der Waals surface area contributed by atoms with Crippen LogP contribution in [-0.4, -0.2) is 31.2 Å². The second-order valence-electron chi connectivity index (χ2n) is 9.03. The first kappa shape index (κ1) is 24.1. The van der Waals surface area contributed by atoms with Crippen molar-refractivity contribution >= 4 is 5.78 Å². The van der Waals surface area contributed by atoms with Crippen molar-refractivity contribution in [1.29, 1.82) is 0 Å². The number of ether oxygens (including phenoxy) is 3. The van der Waals surface area contributed by atoms with Crippen molar-refractivity contribution in [3.63, 3.8) is 0 Å². The number of hydrogen-bond donors (Lipinski definition) is 0. The lowest BCUT2D eigenvalue weighted by Crippen LogP contribution is -2.48. The minimum absolute atomic E-state index is 0.0300. The van der Waals surface area contributed by atoms with E-state index in [1.165, 1.54) is 0 Å². The topological polar surface area (TPSA) is 44.8 Å². The van der Waals surface area contributed by atoms with Crippen molar-refractivity contribution < 1.29 is 19.0 Å². The molecule has 0 N–H and O–H groups in total. The van der Waals surface area contributed by atoms with Crippen molar-refractivity contribution in [2.45, 2.75) is 30.8 Å². The summed E-state index contributed by atoms with van der Waals surface area (Å²) in [4.78, 5) is 12.6. The Labute approximate surface area is 212 Å². The van der Waals surface area contributed by atoms with Gasteiger partial charge < -0.3 is 14.2 Å². The Morgan fingerprint density at radius 1 is 0.694 bits per heavy atom. The molecule has 4 aromatic rings. The second-order valence-corrected chi connectivity index (χ2v) is 9.03. The molecule has 0 aromatic heterocycles. The van der Waals surface area contributed by atoms with Gasteiger partial charge in [0.05, 0.1) is 19.3 Å². The molecule has 4 nitrogen and oxygen atoms in total. The fraction of sp³-hybridized carbons (Fsp3) is 0.219. The van der Waals surface area contributed by atoms with Gasteiger partial charge in [-0.1, -0.05) is 121 Å². The average Bonchev–Trinajstić information content (AvgIpc) is 2.95. The molecular weight excluding hydrogens is 448 g/mol. The minimum Gasteiger partial charge on any atom is -0.374 e. The summed E-state index contributed by atoms with van der Waals surface area (Å²) in [6.45, 7) is 0.887. The number of hydrogen-bond acceptors (Lipinski definition) is 4. The van der Waals surface area contributed by atoms with Gasteiger partial charge in [-0.2, -0.15) is 0 Å². The molecule has 0 bridgehead atoms. The first-order valence-electron chi connectivity index (χ1n) is 12.3. The molecule has 1 saturated heterocycles. The molecule has 1 aliphatic heterocycles. The predicted molar refractivity (Wildman–Crippen MR) is 140 cm³/mol. The van der Waals surface area contributed by atoms with Crippen molar-refractivity contribution in [1.82, 2.24) is 0 Å². The second kappa shape index (κ2) is 11.4. The first-order valence-corrected chi connectivity index (χ1v) is 12.3. The predicted octanol–water partition coefficient (Wildman–Crippen LogP) is 5.94. The third kappa shape index (κ3) is 5.31. The van der Waals surface area contributed by atoms with Crippen LogP contribution in [0.4, 0.5) is 0 Å². The van der Waals surface area contributed by atoms with Gasteiger partial charge in [-0.25, -0.2) is 0 Å². The normalized spacial score (nSPS) is 18.2. The van der Waals surface area contributed by atoms with E-state index >= 15 is 0 Å². The lowest BCUT2D eigenvalue weighted by molar-refractivity contribution is -0.174. The van der Waals surface area contributed by atoms with Gasteiger partial charge in [0, 0.05) is 6.42 Å². The zero-order valence-corrected chi connectivity index (χ0v) is 20.2. The fourth-order valence-electron chi connectivity index (χ4n) is 4.81. The summed E-state index contributed by atoms with van der Waals surface area (Å²) in [5, 5.41) is 0. The van der Waals surface area contributed by atoms with Crippen molar-refractivity contribution in [2.75, 3.05) is 13.2 Å². The Morgan fingerprint density at radius 3 is 1.67 bits per heavy atom. The highest BCUT2D eigenvalue weighted by Gasteiger charge is 2.43. The molecule has 4 aromatic carbocycles. The summed E-state index contributed by atoms with van der Waals surface area (Å²) in [6, 6.07) is 40.6. The molecule has 0 aliphatic carbocycles. The number of Topliss-reactive ketones (excluding diaryl/α,β-unsaturated/α-hetero) is 1. The van der Waals surface area contributed by atoms with Crippen LogP contribution in [0.3, 0.4) is 0 Å². The Morgan fingerprint density at radius 2 is 1.17 bits per heavy atom. The van der Waals surface area contributed by atoms with E-state index in [0.29, 0.717) is 13.2 Å². The third-order valence-corrected chi connectivity index (χ3v) is 6.56. The third-order valence-electron chi connectivity index (χ3n) is 6.56. The number of ketones is 1. The fourth-order valence-corrected chi connectivity index (χ4v) is 4.81. The maximum atomic E-state index is 12.6. The van der Waals surface area contributed by atoms with Gasteiger partial charge in [0.25, 0.3) is 0 Å². The zero-order valence-electron chi connectivity index (χ0n) is 20.2. The molecule has 36 heavy (non-hydrogen) atoms. The van der Waals surface area contributed by atoms with Gasteiger partial charge in [0.2, 0.25) is 0 Å². The highest BCUT2D eigenvalue weighted by Crippen LogP contribution is 2.42. The molecule has 5 rings (SSSR count). The molecule has 1 aliphatic rings. The smallest absolute Gasteiger partial charge is 0.161 e. The van der Waals surface area contributed by atoms with Crippen molar-refractivity contribution in [3.8, 4) is 0 Å². The molecule has 0 saturated carbocycles. The molecule has 0 spiro atoms. The average molecular weight is 479 g/mol. The molecule has 2 atom stereocenters. The Hall–Kier alpha value is -3.57. The Balaban J connectivity index is 1.51. The van der Waals surface area contributed by atoms with Crippen LogP contribution in [0, 0.1) is 0 Å². The highest BCUT2D eigenvalue weighted by atomic mass is 16.6. The van der Waals surface area contributed by atoms with E-state index in [-0.39, 0.29) is 24.9 Å². The van der Waals surface area contributed by atoms with Crippen LogP contribution in [0.2, 0.25) is 0 Å². The first-order chi connectivity index (χ1) is 17.8. The molecule has 1 fully saturated rings. The van der Waals surface area contributed by atoms with E-state index in [4.69, 9.17) is 14.2 Å². The summed E-state index contributed by atoms with van der Waals surface area (Å²) < 4.78 is 19.1. The lowest BCUT2D eigenvalue weighted by atomic mass is 9.79. The SMILES string of the molecule is O=C1CO[C@H](COCc2ccccc2)[C@H](OC(c2ccccc2)(c2ccccc2)c2ccccc2)C1. The number of carbonyl (C=O) groups excluding carboxylic acids is 1. The van der Waals surface area contributed by atoms with Crippen LogP contribution in [0.25, 0.3) is 0 Å². The summed E-state index contributed by atoms with van der Waals surface area (Å²) in [6.07, 6.45) is -0.585. The standard InChI is InChI=1S/C32H30O4/c33-29-21-30(31(35-23-29)24-34-22-25-13-5-1-6-14-25)36-32(26-15-7-2-8-16-26,27-17-9-3-10-18-27)28-19-11-4-12-20-28/h1-20,30-31H,21-24H2/t30-,31-/m1/s1. The van der Waals surface area contributed by atoms with Crippen LogP contribution >= 0.6 is 0 Å². The molecule has 1 heterocycles. The lowest BCUT2D eigenvalue weighted by Gasteiger charge is -2.42. The van der Waals surface area contributed by atoms with Crippen LogP contribution in [0.15, 0.2) is 121 Å². The van der Waals surface area contributed by atoms with E-state index in [9.17, 15) is 4.79 Å².